The molecular weight excluding hydrogens is 199 g/mol. The number of ether oxygens (including phenoxy) is 1. The van der Waals surface area contributed by atoms with E-state index in [1.807, 2.05) is 0 Å². The molecule has 0 rings (SSSR count). The minimum Gasteiger partial charge on any atom is -0.394 e. The molecule has 0 saturated carbocycles. The van der Waals surface area contributed by atoms with E-state index in [2.05, 4.69) is 5.32 Å². The van der Waals surface area contributed by atoms with Gasteiger partial charge in [0.05, 0.1) is 31.8 Å². The van der Waals surface area contributed by atoms with Crippen molar-refractivity contribution in [2.45, 2.75) is 25.1 Å². The summed E-state index contributed by atoms with van der Waals surface area (Å²) < 4.78 is 39.9. The van der Waals surface area contributed by atoms with Crippen molar-refractivity contribution in [3.05, 3.63) is 0 Å². The van der Waals surface area contributed by atoms with Gasteiger partial charge in [-0.3, -0.25) is 0 Å². The number of aliphatic hydroxyl groups excluding tert-OH is 1. The molecule has 0 amide bonds. The molecule has 2 N–H and O–H groups in total. The van der Waals surface area contributed by atoms with Gasteiger partial charge < -0.3 is 15.2 Å². The van der Waals surface area contributed by atoms with Gasteiger partial charge in [-0.2, -0.15) is 13.2 Å². The van der Waals surface area contributed by atoms with Gasteiger partial charge in [0.2, 0.25) is 0 Å². The molecule has 3 nitrogen and oxygen atoms in total. The van der Waals surface area contributed by atoms with Crippen molar-refractivity contribution < 1.29 is 23.0 Å². The van der Waals surface area contributed by atoms with Crippen LogP contribution in [0, 0.1) is 0 Å². The molecule has 6 heteroatoms. The quantitative estimate of drug-likeness (QED) is 0.647. The van der Waals surface area contributed by atoms with E-state index in [1.54, 1.807) is 14.0 Å². The maximum absolute atomic E-state index is 11.7. The lowest BCUT2D eigenvalue weighted by atomic mass is 10.1. The second-order valence-electron chi connectivity index (χ2n) is 3.39. The Morgan fingerprint density at radius 1 is 1.36 bits per heavy atom. The highest BCUT2D eigenvalue weighted by molar-refractivity contribution is 4.79. The minimum atomic E-state index is -4.19. The number of alkyl halides is 3. The van der Waals surface area contributed by atoms with Gasteiger partial charge in [-0.1, -0.05) is 0 Å². The Hall–Kier alpha value is -0.330. The van der Waals surface area contributed by atoms with Crippen molar-refractivity contribution in [1.29, 1.82) is 0 Å². The van der Waals surface area contributed by atoms with Crippen molar-refractivity contribution in [2.75, 3.05) is 26.9 Å². The summed E-state index contributed by atoms with van der Waals surface area (Å²) in [6.07, 6.45) is -5.15. The van der Waals surface area contributed by atoms with Crippen LogP contribution in [0.25, 0.3) is 0 Å². The van der Waals surface area contributed by atoms with Crippen LogP contribution in [0.3, 0.4) is 0 Å². The van der Waals surface area contributed by atoms with E-state index in [9.17, 15) is 13.2 Å². The zero-order valence-electron chi connectivity index (χ0n) is 8.32. The Kier molecular flexibility index (Phi) is 5.40. The van der Waals surface area contributed by atoms with E-state index in [4.69, 9.17) is 9.84 Å². The Bertz CT molecular complexity index is 157. The maximum atomic E-state index is 11.7. The Balaban J connectivity index is 3.63. The lowest BCUT2D eigenvalue weighted by molar-refractivity contribution is -0.146. The Morgan fingerprint density at radius 2 is 1.93 bits per heavy atom. The normalized spacial score (nSPS) is 16.7. The fourth-order valence-corrected chi connectivity index (χ4v) is 0.682. The van der Waals surface area contributed by atoms with Crippen LogP contribution in [0.2, 0.25) is 0 Å². The van der Waals surface area contributed by atoms with Gasteiger partial charge in [0.1, 0.15) is 0 Å². The highest BCUT2D eigenvalue weighted by atomic mass is 19.4. The van der Waals surface area contributed by atoms with Crippen LogP contribution in [-0.4, -0.2) is 43.7 Å². The highest BCUT2D eigenvalue weighted by Gasteiger charge is 2.27. The average molecular weight is 215 g/mol. The molecule has 0 fully saturated rings. The zero-order valence-corrected chi connectivity index (χ0v) is 8.32. The Morgan fingerprint density at radius 3 is 2.29 bits per heavy atom. The summed E-state index contributed by atoms with van der Waals surface area (Å²) in [5, 5.41) is 11.6. The van der Waals surface area contributed by atoms with Gasteiger partial charge in [-0.25, -0.2) is 0 Å². The molecule has 0 saturated heterocycles. The van der Waals surface area contributed by atoms with Gasteiger partial charge in [0.25, 0.3) is 0 Å². The molecule has 0 aliphatic heterocycles. The lowest BCUT2D eigenvalue weighted by Gasteiger charge is -2.26. The lowest BCUT2D eigenvalue weighted by Crippen LogP contribution is -2.47. The monoisotopic (exact) mass is 215 g/mol. The molecule has 0 heterocycles. The van der Waals surface area contributed by atoms with Crippen molar-refractivity contribution in [3.8, 4) is 0 Å². The van der Waals surface area contributed by atoms with Gasteiger partial charge in [-0.05, 0) is 14.0 Å². The smallest absolute Gasteiger partial charge is 0.391 e. The molecule has 0 bridgehead atoms. The molecule has 1 atom stereocenters. The second kappa shape index (κ2) is 5.53. The van der Waals surface area contributed by atoms with E-state index in [1.165, 1.54) is 0 Å². The van der Waals surface area contributed by atoms with Crippen molar-refractivity contribution >= 4 is 0 Å². The fourth-order valence-electron chi connectivity index (χ4n) is 0.682. The van der Waals surface area contributed by atoms with E-state index in [-0.39, 0.29) is 19.8 Å². The molecule has 0 aromatic rings. The third-order valence-corrected chi connectivity index (χ3v) is 1.90. The first-order chi connectivity index (χ1) is 6.33. The molecule has 14 heavy (non-hydrogen) atoms. The van der Waals surface area contributed by atoms with E-state index in [0.717, 1.165) is 0 Å². The summed E-state index contributed by atoms with van der Waals surface area (Å²) in [7, 11) is 1.61. The molecule has 86 valence electrons. The Labute approximate surface area is 81.2 Å². The summed E-state index contributed by atoms with van der Waals surface area (Å²) in [6, 6.07) is 0. The highest BCUT2D eigenvalue weighted by Crippen LogP contribution is 2.19. The molecule has 0 radical (unpaired) electrons. The van der Waals surface area contributed by atoms with Crippen molar-refractivity contribution in [1.82, 2.24) is 5.32 Å². The average Bonchev–Trinajstić information content (AvgIpc) is 2.11. The van der Waals surface area contributed by atoms with Crippen LogP contribution in [0.4, 0.5) is 13.2 Å². The number of hydrogen-bond acceptors (Lipinski definition) is 3. The van der Waals surface area contributed by atoms with E-state index < -0.39 is 18.1 Å². The molecule has 0 spiro atoms. The number of rotatable bonds is 6. The SMILES string of the molecule is CNC(C)(CO)COCCC(F)(F)F. The molecule has 0 aliphatic rings. The molecule has 0 aliphatic carbocycles. The number of likely N-dealkylation sites (N-methyl/N-ethyl adjacent to an activating group) is 1. The van der Waals surface area contributed by atoms with E-state index >= 15 is 0 Å². The number of hydrogen-bond donors (Lipinski definition) is 2. The van der Waals surface area contributed by atoms with Crippen molar-refractivity contribution in [3.63, 3.8) is 0 Å². The summed E-state index contributed by atoms with van der Waals surface area (Å²) >= 11 is 0. The van der Waals surface area contributed by atoms with Gasteiger partial charge in [0, 0.05) is 0 Å². The van der Waals surface area contributed by atoms with E-state index in [0.29, 0.717) is 0 Å². The number of nitrogens with one attached hydrogen (secondary N) is 1. The predicted molar refractivity (Wildman–Crippen MR) is 46.0 cm³/mol. The molecular formula is C8H16F3NO2. The summed E-state index contributed by atoms with van der Waals surface area (Å²) in [5.74, 6) is 0. The van der Waals surface area contributed by atoms with Crippen LogP contribution in [0.15, 0.2) is 0 Å². The van der Waals surface area contributed by atoms with Crippen molar-refractivity contribution in [2.24, 2.45) is 0 Å². The number of aliphatic hydroxyl groups is 1. The zero-order chi connectivity index (χ0) is 11.2. The largest absolute Gasteiger partial charge is 0.394 e. The number of halogens is 3. The first kappa shape index (κ1) is 13.7. The first-order valence-corrected chi connectivity index (χ1v) is 4.27. The molecule has 0 aromatic carbocycles. The van der Waals surface area contributed by atoms with Crippen LogP contribution in [0.1, 0.15) is 13.3 Å². The summed E-state index contributed by atoms with van der Waals surface area (Å²) in [6.45, 7) is 1.16. The first-order valence-electron chi connectivity index (χ1n) is 4.27. The topological polar surface area (TPSA) is 41.5 Å². The van der Waals surface area contributed by atoms with Gasteiger partial charge >= 0.3 is 6.18 Å². The van der Waals surface area contributed by atoms with Crippen LogP contribution in [-0.2, 0) is 4.74 Å². The van der Waals surface area contributed by atoms with Crippen LogP contribution < -0.4 is 5.32 Å². The molecule has 0 aromatic heterocycles. The third-order valence-electron chi connectivity index (χ3n) is 1.90. The molecule has 1 unspecified atom stereocenters. The second-order valence-corrected chi connectivity index (χ2v) is 3.39. The summed E-state index contributed by atoms with van der Waals surface area (Å²) in [4.78, 5) is 0. The minimum absolute atomic E-state index is 0.0517. The standard InChI is InChI=1S/C8H16F3NO2/c1-7(5-13,12-2)6-14-4-3-8(9,10)11/h12-13H,3-6H2,1-2H3. The van der Waals surface area contributed by atoms with Crippen LogP contribution in [0.5, 0.6) is 0 Å². The van der Waals surface area contributed by atoms with Crippen LogP contribution >= 0.6 is 0 Å². The fraction of sp³-hybridized carbons (Fsp3) is 1.00. The maximum Gasteiger partial charge on any atom is 0.391 e. The third kappa shape index (κ3) is 6.17. The predicted octanol–water partition coefficient (Wildman–Crippen LogP) is 0.926. The van der Waals surface area contributed by atoms with Gasteiger partial charge in [0.15, 0.2) is 0 Å². The summed E-state index contributed by atoms with van der Waals surface area (Å²) in [5.41, 5.74) is -0.675. The van der Waals surface area contributed by atoms with Gasteiger partial charge in [-0.15, -0.1) is 0 Å².